The molecule has 168 valence electrons. The van der Waals surface area contributed by atoms with Gasteiger partial charge in [0.2, 0.25) is 0 Å². The molecular formula is C27H26N2O4. The molecule has 0 bridgehead atoms. The van der Waals surface area contributed by atoms with Gasteiger partial charge in [0.1, 0.15) is 23.7 Å². The van der Waals surface area contributed by atoms with Crippen LogP contribution in [0.1, 0.15) is 16.1 Å². The second kappa shape index (κ2) is 9.28. The number of ether oxygens (including phenoxy) is 2. The van der Waals surface area contributed by atoms with Crippen molar-refractivity contribution in [2.24, 2.45) is 0 Å². The summed E-state index contributed by atoms with van der Waals surface area (Å²) in [6.45, 7) is 3.04. The van der Waals surface area contributed by atoms with E-state index in [0.717, 1.165) is 41.2 Å². The number of methoxy groups -OCH3 is 1. The zero-order valence-corrected chi connectivity index (χ0v) is 18.6. The number of para-hydroxylation sites is 2. The summed E-state index contributed by atoms with van der Waals surface area (Å²) in [5.74, 6) is 1.87. The van der Waals surface area contributed by atoms with E-state index >= 15 is 0 Å². The number of fused-ring (bicyclic) bond motifs is 1. The molecule has 1 fully saturated rings. The van der Waals surface area contributed by atoms with Gasteiger partial charge >= 0.3 is 0 Å². The number of amides is 1. The average Bonchev–Trinajstić information content (AvgIpc) is 3.26. The Balaban J connectivity index is 1.33. The van der Waals surface area contributed by atoms with Crippen molar-refractivity contribution in [2.75, 3.05) is 38.2 Å². The van der Waals surface area contributed by atoms with Crippen LogP contribution in [0.3, 0.4) is 0 Å². The molecule has 3 aromatic carbocycles. The molecule has 0 atom stereocenters. The fraction of sp³-hybridized carbons (Fsp3) is 0.222. The molecule has 1 aromatic heterocycles. The van der Waals surface area contributed by atoms with E-state index in [2.05, 4.69) is 17.0 Å². The topological polar surface area (TPSA) is 55.2 Å². The summed E-state index contributed by atoms with van der Waals surface area (Å²) in [6, 6.07) is 25.4. The van der Waals surface area contributed by atoms with Crippen LogP contribution < -0.4 is 14.4 Å². The largest absolute Gasteiger partial charge is 0.497 e. The second-order valence-electron chi connectivity index (χ2n) is 7.98. The molecule has 5 rings (SSSR count). The zero-order chi connectivity index (χ0) is 22.6. The third-order valence-corrected chi connectivity index (χ3v) is 6.02. The van der Waals surface area contributed by atoms with E-state index in [4.69, 9.17) is 13.9 Å². The summed E-state index contributed by atoms with van der Waals surface area (Å²) in [6.07, 6.45) is 0. The predicted octanol–water partition coefficient (Wildman–Crippen LogP) is 4.98. The highest BCUT2D eigenvalue weighted by Gasteiger charge is 2.28. The van der Waals surface area contributed by atoms with Crippen LogP contribution in [0.2, 0.25) is 0 Å². The van der Waals surface area contributed by atoms with Crippen molar-refractivity contribution in [1.82, 2.24) is 4.90 Å². The van der Waals surface area contributed by atoms with Gasteiger partial charge in [-0.3, -0.25) is 4.79 Å². The molecule has 0 radical (unpaired) electrons. The minimum Gasteiger partial charge on any atom is -0.497 e. The lowest BCUT2D eigenvalue weighted by molar-refractivity contribution is 0.0713. The van der Waals surface area contributed by atoms with Crippen molar-refractivity contribution in [1.29, 1.82) is 0 Å². The number of carbonyl (C=O) groups is 1. The van der Waals surface area contributed by atoms with Crippen molar-refractivity contribution in [3.8, 4) is 11.5 Å². The number of piperazine rings is 1. The molecule has 1 aliphatic rings. The van der Waals surface area contributed by atoms with Crippen LogP contribution in [-0.4, -0.2) is 44.1 Å². The monoisotopic (exact) mass is 442 g/mol. The molecule has 33 heavy (non-hydrogen) atoms. The number of hydrogen-bond donors (Lipinski definition) is 0. The molecule has 0 saturated carbocycles. The number of carbonyl (C=O) groups excluding carboxylic acids is 1. The van der Waals surface area contributed by atoms with E-state index in [0.29, 0.717) is 24.4 Å². The zero-order valence-electron chi connectivity index (χ0n) is 18.6. The van der Waals surface area contributed by atoms with Crippen LogP contribution in [0.5, 0.6) is 11.5 Å². The minimum absolute atomic E-state index is 0.0905. The van der Waals surface area contributed by atoms with Gasteiger partial charge in [-0.05, 0) is 42.5 Å². The lowest BCUT2D eigenvalue weighted by Gasteiger charge is -2.35. The Kier molecular flexibility index (Phi) is 5.89. The highest BCUT2D eigenvalue weighted by molar-refractivity contribution is 5.99. The maximum absolute atomic E-state index is 13.5. The first-order chi connectivity index (χ1) is 16.2. The van der Waals surface area contributed by atoms with Crippen molar-refractivity contribution in [3.63, 3.8) is 0 Å². The molecule has 0 unspecified atom stereocenters. The number of furan rings is 1. The highest BCUT2D eigenvalue weighted by Crippen LogP contribution is 2.29. The fourth-order valence-corrected chi connectivity index (χ4v) is 4.19. The average molecular weight is 443 g/mol. The van der Waals surface area contributed by atoms with Gasteiger partial charge < -0.3 is 23.7 Å². The van der Waals surface area contributed by atoms with Crippen LogP contribution in [0.15, 0.2) is 83.3 Å². The maximum atomic E-state index is 13.5. The Morgan fingerprint density at radius 3 is 2.27 bits per heavy atom. The Hall–Kier alpha value is -3.93. The Morgan fingerprint density at radius 2 is 1.55 bits per heavy atom. The van der Waals surface area contributed by atoms with Crippen LogP contribution in [0.25, 0.3) is 11.0 Å². The smallest absolute Gasteiger partial charge is 0.290 e. The van der Waals surface area contributed by atoms with Crippen LogP contribution in [0.4, 0.5) is 5.69 Å². The number of benzene rings is 3. The second-order valence-corrected chi connectivity index (χ2v) is 7.98. The lowest BCUT2D eigenvalue weighted by Crippen LogP contribution is -2.48. The lowest BCUT2D eigenvalue weighted by atomic mass is 10.1. The Labute approximate surface area is 192 Å². The SMILES string of the molecule is COc1ccc(N2CCN(C(=O)c3oc4ccccc4c3COc3ccccc3)CC2)cc1. The van der Waals surface area contributed by atoms with E-state index in [1.54, 1.807) is 7.11 Å². The van der Waals surface area contributed by atoms with Gasteiger partial charge in [0.25, 0.3) is 5.91 Å². The van der Waals surface area contributed by atoms with E-state index < -0.39 is 0 Å². The third-order valence-electron chi connectivity index (χ3n) is 6.02. The molecule has 2 heterocycles. The normalized spacial score (nSPS) is 13.8. The summed E-state index contributed by atoms with van der Waals surface area (Å²) in [4.78, 5) is 17.6. The predicted molar refractivity (Wildman–Crippen MR) is 128 cm³/mol. The van der Waals surface area contributed by atoms with Crippen molar-refractivity contribution in [2.45, 2.75) is 6.61 Å². The first-order valence-corrected chi connectivity index (χ1v) is 11.1. The van der Waals surface area contributed by atoms with Gasteiger partial charge in [-0.15, -0.1) is 0 Å². The van der Waals surface area contributed by atoms with Crippen molar-refractivity contribution in [3.05, 3.63) is 90.2 Å². The van der Waals surface area contributed by atoms with E-state index in [-0.39, 0.29) is 12.5 Å². The summed E-state index contributed by atoms with van der Waals surface area (Å²) in [7, 11) is 1.66. The molecule has 1 saturated heterocycles. The van der Waals surface area contributed by atoms with Gasteiger partial charge in [-0.1, -0.05) is 36.4 Å². The van der Waals surface area contributed by atoms with Gasteiger partial charge in [0, 0.05) is 42.8 Å². The molecular weight excluding hydrogens is 416 g/mol. The van der Waals surface area contributed by atoms with Crippen molar-refractivity contribution < 1.29 is 18.7 Å². The van der Waals surface area contributed by atoms with Gasteiger partial charge in [-0.2, -0.15) is 0 Å². The van der Waals surface area contributed by atoms with Crippen molar-refractivity contribution >= 4 is 22.6 Å². The molecule has 1 aliphatic heterocycles. The Morgan fingerprint density at radius 1 is 0.848 bits per heavy atom. The Bertz CT molecular complexity index is 1230. The third kappa shape index (κ3) is 4.37. The summed E-state index contributed by atoms with van der Waals surface area (Å²) < 4.78 is 17.3. The standard InChI is InChI=1S/C27H26N2O4/c1-31-21-13-11-20(12-14-21)28-15-17-29(18-16-28)27(30)26-24(19-32-22-7-3-2-4-8-22)23-9-5-6-10-25(23)33-26/h2-14H,15-19H2,1H3. The van der Waals surface area contributed by atoms with E-state index in [1.807, 2.05) is 71.6 Å². The van der Waals surface area contributed by atoms with Crippen LogP contribution >= 0.6 is 0 Å². The molecule has 0 spiro atoms. The molecule has 1 amide bonds. The molecule has 0 aliphatic carbocycles. The summed E-state index contributed by atoms with van der Waals surface area (Å²) in [5, 5.41) is 0.911. The molecule has 6 heteroatoms. The van der Waals surface area contributed by atoms with Gasteiger partial charge in [0.15, 0.2) is 5.76 Å². The molecule has 6 nitrogen and oxygen atoms in total. The quantitative estimate of drug-likeness (QED) is 0.421. The molecule has 4 aromatic rings. The number of rotatable bonds is 6. The van der Waals surface area contributed by atoms with Crippen LogP contribution in [-0.2, 0) is 6.61 Å². The highest BCUT2D eigenvalue weighted by atomic mass is 16.5. The molecule has 0 N–H and O–H groups in total. The van der Waals surface area contributed by atoms with E-state index in [9.17, 15) is 4.79 Å². The minimum atomic E-state index is -0.0905. The summed E-state index contributed by atoms with van der Waals surface area (Å²) in [5.41, 5.74) is 2.62. The van der Waals surface area contributed by atoms with Gasteiger partial charge in [-0.25, -0.2) is 0 Å². The first-order valence-electron chi connectivity index (χ1n) is 11.1. The number of hydrogen-bond acceptors (Lipinski definition) is 5. The number of anilines is 1. The fourth-order valence-electron chi connectivity index (χ4n) is 4.19. The van der Waals surface area contributed by atoms with E-state index in [1.165, 1.54) is 0 Å². The number of nitrogens with zero attached hydrogens (tertiary/aromatic N) is 2. The first kappa shape index (κ1) is 20.9. The maximum Gasteiger partial charge on any atom is 0.290 e. The summed E-state index contributed by atoms with van der Waals surface area (Å²) >= 11 is 0. The van der Waals surface area contributed by atoms with Crippen LogP contribution in [0, 0.1) is 0 Å². The van der Waals surface area contributed by atoms with Gasteiger partial charge in [0.05, 0.1) is 7.11 Å².